The molecule has 2 bridgehead atoms. The van der Waals surface area contributed by atoms with Gasteiger partial charge in [0.1, 0.15) is 5.82 Å². The number of aromatic nitrogens is 1. The van der Waals surface area contributed by atoms with Gasteiger partial charge in [0.05, 0.1) is 0 Å². The van der Waals surface area contributed by atoms with Crippen LogP contribution in [0.5, 0.6) is 0 Å². The van der Waals surface area contributed by atoms with Crippen molar-refractivity contribution in [1.29, 1.82) is 0 Å². The van der Waals surface area contributed by atoms with E-state index in [9.17, 15) is 0 Å². The molecule has 4 heteroatoms. The van der Waals surface area contributed by atoms with Crippen LogP contribution < -0.4 is 10.2 Å². The molecule has 0 amide bonds. The van der Waals surface area contributed by atoms with Gasteiger partial charge in [-0.15, -0.1) is 0 Å². The smallest absolute Gasteiger partial charge is 0.128 e. The van der Waals surface area contributed by atoms with Gasteiger partial charge in [-0.1, -0.05) is 0 Å². The number of hydrogen-bond acceptors (Lipinski definition) is 3. The summed E-state index contributed by atoms with van der Waals surface area (Å²) in [6, 6.07) is 3.58. The molecule has 0 aromatic carbocycles. The van der Waals surface area contributed by atoms with E-state index in [2.05, 4.69) is 44.1 Å². The monoisotopic (exact) mass is 295 g/mol. The molecule has 2 fully saturated rings. The molecule has 3 heterocycles. The summed E-state index contributed by atoms with van der Waals surface area (Å²) in [5, 5.41) is 3.70. The third-order valence-electron chi connectivity index (χ3n) is 3.88. The summed E-state index contributed by atoms with van der Waals surface area (Å²) in [4.78, 5) is 6.97. The van der Waals surface area contributed by atoms with Crippen LogP contribution in [0.15, 0.2) is 16.7 Å². The molecule has 0 spiro atoms. The number of nitrogens with one attached hydrogen (secondary N) is 1. The molecule has 2 aliphatic heterocycles. The minimum absolute atomic E-state index is 0.660. The van der Waals surface area contributed by atoms with Crippen LogP contribution in [0.3, 0.4) is 0 Å². The van der Waals surface area contributed by atoms with Gasteiger partial charge in [0, 0.05) is 35.8 Å². The number of nitrogens with zero attached hydrogens (tertiary/aromatic N) is 2. The second kappa shape index (κ2) is 4.58. The second-order valence-corrected chi connectivity index (χ2v) is 6.02. The molecule has 2 aliphatic rings. The average molecular weight is 296 g/mol. The number of rotatable bonds is 1. The van der Waals surface area contributed by atoms with E-state index in [1.54, 1.807) is 0 Å². The number of hydrogen-bond donors (Lipinski definition) is 1. The standard InChI is InChI=1S/C13H18BrN3/c1-9-6-13(15-7-12(9)14)17-5-4-10-2-3-11(8-17)16-10/h6-7,10-11,16H,2-5,8H2,1H3. The maximum atomic E-state index is 4.54. The van der Waals surface area contributed by atoms with E-state index >= 15 is 0 Å². The molecule has 0 aliphatic carbocycles. The van der Waals surface area contributed by atoms with Crippen LogP contribution in [-0.2, 0) is 0 Å². The van der Waals surface area contributed by atoms with Gasteiger partial charge in [-0.2, -0.15) is 0 Å². The molecule has 1 aromatic heterocycles. The number of pyridine rings is 1. The van der Waals surface area contributed by atoms with E-state index in [1.165, 1.54) is 24.8 Å². The van der Waals surface area contributed by atoms with Gasteiger partial charge in [0.2, 0.25) is 0 Å². The minimum Gasteiger partial charge on any atom is -0.355 e. The lowest BCUT2D eigenvalue weighted by atomic mass is 10.1. The Morgan fingerprint density at radius 3 is 3.00 bits per heavy atom. The van der Waals surface area contributed by atoms with Crippen LogP contribution in [0.4, 0.5) is 5.82 Å². The van der Waals surface area contributed by atoms with E-state index in [1.807, 2.05) is 6.20 Å². The summed E-state index contributed by atoms with van der Waals surface area (Å²) < 4.78 is 1.09. The van der Waals surface area contributed by atoms with E-state index in [-0.39, 0.29) is 0 Å². The van der Waals surface area contributed by atoms with E-state index in [4.69, 9.17) is 0 Å². The highest BCUT2D eigenvalue weighted by Crippen LogP contribution is 2.25. The van der Waals surface area contributed by atoms with Crippen LogP contribution in [0.1, 0.15) is 24.8 Å². The van der Waals surface area contributed by atoms with Gasteiger partial charge in [0.25, 0.3) is 0 Å². The molecule has 1 N–H and O–H groups in total. The first-order valence-corrected chi connectivity index (χ1v) is 7.15. The van der Waals surface area contributed by atoms with E-state index in [0.29, 0.717) is 6.04 Å². The van der Waals surface area contributed by atoms with Crippen molar-refractivity contribution >= 4 is 21.7 Å². The van der Waals surface area contributed by atoms with Gasteiger partial charge in [-0.05, 0) is 53.7 Å². The number of aryl methyl sites for hydroxylation is 1. The molecule has 92 valence electrons. The Bertz CT molecular complexity index is 421. The zero-order valence-corrected chi connectivity index (χ0v) is 11.7. The van der Waals surface area contributed by atoms with Crippen molar-refractivity contribution in [3.63, 3.8) is 0 Å². The minimum atomic E-state index is 0.660. The highest BCUT2D eigenvalue weighted by Gasteiger charge is 2.29. The van der Waals surface area contributed by atoms with Crippen LogP contribution in [0.25, 0.3) is 0 Å². The lowest BCUT2D eigenvalue weighted by molar-refractivity contribution is 0.563. The fourth-order valence-corrected chi connectivity index (χ4v) is 3.07. The van der Waals surface area contributed by atoms with Crippen molar-refractivity contribution in [3.05, 3.63) is 22.3 Å². The molecule has 1 aromatic rings. The van der Waals surface area contributed by atoms with E-state index in [0.717, 1.165) is 29.4 Å². The zero-order chi connectivity index (χ0) is 11.8. The summed E-state index contributed by atoms with van der Waals surface area (Å²) in [6.07, 6.45) is 5.83. The Kier molecular flexibility index (Phi) is 3.09. The molecular formula is C13H18BrN3. The van der Waals surface area contributed by atoms with Crippen molar-refractivity contribution in [2.24, 2.45) is 0 Å². The molecule has 0 radical (unpaired) electrons. The summed E-state index contributed by atoms with van der Waals surface area (Å²) in [6.45, 7) is 4.35. The average Bonchev–Trinajstić information content (AvgIpc) is 2.63. The quantitative estimate of drug-likeness (QED) is 0.863. The molecular weight excluding hydrogens is 278 g/mol. The topological polar surface area (TPSA) is 28.2 Å². The Hall–Kier alpha value is -0.610. The SMILES string of the molecule is Cc1cc(N2CCC3CCC(C2)N3)ncc1Br. The first-order chi connectivity index (χ1) is 8.22. The molecule has 0 saturated carbocycles. The predicted octanol–water partition coefficient (Wildman–Crippen LogP) is 2.48. The van der Waals surface area contributed by atoms with Crippen LogP contribution in [0.2, 0.25) is 0 Å². The first-order valence-electron chi connectivity index (χ1n) is 6.35. The Morgan fingerprint density at radius 1 is 1.35 bits per heavy atom. The molecule has 17 heavy (non-hydrogen) atoms. The summed E-state index contributed by atoms with van der Waals surface area (Å²) in [7, 11) is 0. The van der Waals surface area contributed by atoms with Gasteiger partial charge < -0.3 is 10.2 Å². The molecule has 3 nitrogen and oxygen atoms in total. The lowest BCUT2D eigenvalue weighted by Crippen LogP contribution is -2.35. The fraction of sp³-hybridized carbons (Fsp3) is 0.615. The maximum Gasteiger partial charge on any atom is 0.128 e. The molecule has 2 unspecified atom stereocenters. The van der Waals surface area contributed by atoms with Crippen molar-refractivity contribution in [1.82, 2.24) is 10.3 Å². The first kappa shape index (κ1) is 11.5. The summed E-state index contributed by atoms with van der Waals surface area (Å²) in [5.74, 6) is 1.13. The molecule has 2 saturated heterocycles. The van der Waals surface area contributed by atoms with Crippen LogP contribution in [-0.4, -0.2) is 30.2 Å². The fourth-order valence-electron chi connectivity index (χ4n) is 2.85. The predicted molar refractivity (Wildman–Crippen MR) is 73.4 cm³/mol. The third-order valence-corrected chi connectivity index (χ3v) is 4.71. The summed E-state index contributed by atoms with van der Waals surface area (Å²) >= 11 is 3.51. The largest absolute Gasteiger partial charge is 0.355 e. The Labute approximate surface area is 111 Å². The van der Waals surface area contributed by atoms with E-state index < -0.39 is 0 Å². The van der Waals surface area contributed by atoms with Crippen molar-refractivity contribution in [3.8, 4) is 0 Å². The van der Waals surface area contributed by atoms with Crippen LogP contribution in [0, 0.1) is 6.92 Å². The Balaban J connectivity index is 1.81. The highest BCUT2D eigenvalue weighted by atomic mass is 79.9. The van der Waals surface area contributed by atoms with Gasteiger partial charge >= 0.3 is 0 Å². The third kappa shape index (κ3) is 2.33. The number of fused-ring (bicyclic) bond motifs is 2. The second-order valence-electron chi connectivity index (χ2n) is 5.16. The normalized spacial score (nSPS) is 28.2. The maximum absolute atomic E-state index is 4.54. The van der Waals surface area contributed by atoms with Crippen molar-refractivity contribution in [2.75, 3.05) is 18.0 Å². The molecule has 2 atom stereocenters. The highest BCUT2D eigenvalue weighted by molar-refractivity contribution is 9.10. The zero-order valence-electron chi connectivity index (χ0n) is 10.1. The lowest BCUT2D eigenvalue weighted by Gasteiger charge is -2.25. The Morgan fingerprint density at radius 2 is 2.18 bits per heavy atom. The van der Waals surface area contributed by atoms with Crippen molar-refractivity contribution < 1.29 is 0 Å². The van der Waals surface area contributed by atoms with Gasteiger partial charge in [-0.25, -0.2) is 4.98 Å². The number of anilines is 1. The number of halogens is 1. The summed E-state index contributed by atoms with van der Waals surface area (Å²) in [5.41, 5.74) is 1.26. The van der Waals surface area contributed by atoms with Crippen LogP contribution >= 0.6 is 15.9 Å². The van der Waals surface area contributed by atoms with Gasteiger partial charge in [-0.3, -0.25) is 0 Å². The van der Waals surface area contributed by atoms with Gasteiger partial charge in [0.15, 0.2) is 0 Å². The molecule has 3 rings (SSSR count). The van der Waals surface area contributed by atoms with Crippen molar-refractivity contribution in [2.45, 2.75) is 38.3 Å².